The molecule has 2 aliphatic rings. The lowest BCUT2D eigenvalue weighted by atomic mass is 9.91. The van der Waals surface area contributed by atoms with Gasteiger partial charge in [0, 0.05) is 12.0 Å². The Morgan fingerprint density at radius 1 is 0.583 bits per heavy atom. The van der Waals surface area contributed by atoms with Crippen LogP contribution >= 0.6 is 12.3 Å². The quantitative estimate of drug-likeness (QED) is 0.00953. The summed E-state index contributed by atoms with van der Waals surface area (Å²) in [6, 6.07) is 0. The van der Waals surface area contributed by atoms with Crippen molar-refractivity contribution in [3.05, 3.63) is 11.6 Å². The zero-order valence-corrected chi connectivity index (χ0v) is 46.0. The molecule has 0 bridgehead atoms. The highest BCUT2D eigenvalue weighted by Gasteiger charge is 2.54. The van der Waals surface area contributed by atoms with Crippen LogP contribution in [0.2, 0.25) is 0 Å². The Labute approximate surface area is 438 Å². The van der Waals surface area contributed by atoms with Crippen LogP contribution in [0.15, 0.2) is 11.6 Å². The maximum atomic E-state index is 13.8. The number of hydrogen-bond acceptors (Lipinski definition) is 17. The van der Waals surface area contributed by atoms with Crippen molar-refractivity contribution in [3.8, 4) is 0 Å². The van der Waals surface area contributed by atoms with Crippen molar-refractivity contribution < 1.29 is 77.6 Å². The SMILES string of the molecule is CCCCCCCCCCCCCCCCCC[C@H](C)C[C@H](C)/C=C(\C)C(=O)OC1C(O)C(CO)OC(OC2OC(CO)C(O)C(O)C2OSOO[O-])C1OC(=O)CCCCCCCCCCCCCCC. The van der Waals surface area contributed by atoms with Gasteiger partial charge in [0.15, 0.2) is 36.9 Å². The molecule has 5 N–H and O–H groups in total. The molecule has 0 aromatic heterocycles. The Bertz CT molecular complexity index is 1360. The molecule has 0 amide bonds. The second-order valence-electron chi connectivity index (χ2n) is 20.9. The van der Waals surface area contributed by atoms with Crippen molar-refractivity contribution in [2.24, 2.45) is 11.8 Å². The molecule has 2 heterocycles. The lowest BCUT2D eigenvalue weighted by Crippen LogP contribution is -2.65. The number of hydrogen-bond donors (Lipinski definition) is 5. The fourth-order valence-electron chi connectivity index (χ4n) is 9.95. The molecule has 2 rings (SSSR count). The largest absolute Gasteiger partial charge is 0.691 e. The van der Waals surface area contributed by atoms with E-state index < -0.39 is 86.6 Å². The van der Waals surface area contributed by atoms with Gasteiger partial charge < -0.3 is 54.5 Å². The smallest absolute Gasteiger partial charge is 0.333 e. The number of ether oxygens (including phenoxy) is 5. The second-order valence-corrected chi connectivity index (χ2v) is 21.4. The Kier molecular flexibility index (Phi) is 39.5. The molecule has 0 radical (unpaired) electrons. The molecule has 0 aromatic carbocycles. The highest BCUT2D eigenvalue weighted by atomic mass is 32.2. The van der Waals surface area contributed by atoms with Gasteiger partial charge in [-0.25, -0.2) is 4.79 Å². The van der Waals surface area contributed by atoms with Crippen LogP contribution in [-0.2, 0) is 46.8 Å². The van der Waals surface area contributed by atoms with Crippen LogP contribution in [0.3, 0.4) is 0 Å². The standard InChI is InChI=1S/C55H102O16S/c1-6-8-10-12-14-16-18-20-21-22-24-25-27-29-31-33-35-41(3)37-42(4)38-43(5)53(62)67-50-48(60)45(40-57)65-55(68-54-51(69-72-71-70-63)49(61)47(59)44(39-56)64-54)52(50)66-46(58)36-34-32-30-28-26-23-19-17-15-13-11-9-7-2/h38,41-42,44-45,47-52,54-57,59-61,63H,6-37,39-40H2,1-5H3/p-1/b43-38+/t41-,42-,44?,45?,47?,48?,49?,50?,51?,52?,54?,55?/m0/s1. The van der Waals surface area contributed by atoms with E-state index in [2.05, 4.69) is 30.1 Å². The molecule has 2 fully saturated rings. The predicted octanol–water partition coefficient (Wildman–Crippen LogP) is 10.3. The molecular formula is C55H101O16S-. The van der Waals surface area contributed by atoms with Gasteiger partial charge in [-0.15, -0.1) is 4.33 Å². The maximum Gasteiger partial charge on any atom is 0.333 e. The highest BCUT2D eigenvalue weighted by molar-refractivity contribution is 7.89. The van der Waals surface area contributed by atoms with Gasteiger partial charge in [0.1, 0.15) is 30.5 Å². The number of esters is 2. The summed E-state index contributed by atoms with van der Waals surface area (Å²) in [6.45, 7) is 8.84. The monoisotopic (exact) mass is 1050 g/mol. The minimum Gasteiger partial charge on any atom is -0.691 e. The highest BCUT2D eigenvalue weighted by Crippen LogP contribution is 2.34. The van der Waals surface area contributed by atoms with E-state index in [9.17, 15) is 40.4 Å². The van der Waals surface area contributed by atoms with Gasteiger partial charge in [-0.2, -0.15) is 0 Å². The van der Waals surface area contributed by atoms with Crippen molar-refractivity contribution in [2.75, 3.05) is 13.2 Å². The Morgan fingerprint density at radius 2 is 1.01 bits per heavy atom. The average molecular weight is 1050 g/mol. The minimum atomic E-state index is -1.79. The molecule has 0 spiro atoms. The third kappa shape index (κ3) is 28.6. The van der Waals surface area contributed by atoms with Crippen molar-refractivity contribution in [1.29, 1.82) is 0 Å². The number of carbonyl (C=O) groups excluding carboxylic acids is 2. The average Bonchev–Trinajstić information content (AvgIpc) is 3.36. The van der Waals surface area contributed by atoms with Crippen LogP contribution in [0.1, 0.15) is 240 Å². The first-order valence-electron chi connectivity index (χ1n) is 28.5. The normalized spacial score (nSPS) is 25.6. The summed E-state index contributed by atoms with van der Waals surface area (Å²) >= 11 is 0.00132. The maximum absolute atomic E-state index is 13.8. The molecule has 0 aliphatic carbocycles. The Morgan fingerprint density at radius 3 is 1.47 bits per heavy atom. The topological polar surface area (TPSA) is 232 Å². The summed E-state index contributed by atoms with van der Waals surface area (Å²) in [5.41, 5.74) is 0.274. The molecule has 2 saturated heterocycles. The van der Waals surface area contributed by atoms with E-state index in [0.717, 1.165) is 44.9 Å². The molecule has 2 aliphatic heterocycles. The molecule has 17 heteroatoms. The summed E-state index contributed by atoms with van der Waals surface area (Å²) in [5, 5.41) is 67.0. The lowest BCUT2D eigenvalue weighted by Gasteiger charge is -2.46. The van der Waals surface area contributed by atoms with E-state index in [0.29, 0.717) is 12.3 Å². The van der Waals surface area contributed by atoms with Crippen molar-refractivity contribution in [2.45, 2.75) is 301 Å². The van der Waals surface area contributed by atoms with Crippen LogP contribution in [0.25, 0.3) is 0 Å². The Balaban J connectivity index is 2.02. The zero-order chi connectivity index (χ0) is 52.8. The second kappa shape index (κ2) is 42.6. The van der Waals surface area contributed by atoms with Gasteiger partial charge in [-0.05, 0) is 31.6 Å². The fraction of sp³-hybridized carbons (Fsp3) is 0.927. The van der Waals surface area contributed by atoms with Gasteiger partial charge in [0.25, 0.3) is 0 Å². The van der Waals surface area contributed by atoms with Crippen LogP contribution < -0.4 is 5.26 Å². The predicted molar refractivity (Wildman–Crippen MR) is 276 cm³/mol. The van der Waals surface area contributed by atoms with E-state index in [1.165, 1.54) is 148 Å². The summed E-state index contributed by atoms with van der Waals surface area (Å²) in [6.07, 6.45) is 23.3. The number of carbonyl (C=O) groups is 2. The van der Waals surface area contributed by atoms with Crippen LogP contribution in [-0.4, -0.2) is 112 Å². The molecule has 424 valence electrons. The molecule has 16 nitrogen and oxygen atoms in total. The number of unbranched alkanes of at least 4 members (excludes halogenated alkanes) is 27. The number of aliphatic hydroxyl groups is 5. The molecule has 12 atom stereocenters. The number of rotatable bonds is 45. The number of aliphatic hydroxyl groups excluding tert-OH is 5. The fourth-order valence-corrected chi connectivity index (χ4v) is 10.3. The minimum absolute atomic E-state index is 0.00132. The first-order valence-corrected chi connectivity index (χ1v) is 29.2. The van der Waals surface area contributed by atoms with E-state index >= 15 is 0 Å². The summed E-state index contributed by atoms with van der Waals surface area (Å²) in [4.78, 5) is 27.4. The first-order chi connectivity index (χ1) is 34.9. The van der Waals surface area contributed by atoms with Crippen molar-refractivity contribution in [3.63, 3.8) is 0 Å². The van der Waals surface area contributed by atoms with E-state index in [1.54, 1.807) is 6.92 Å². The molecule has 72 heavy (non-hydrogen) atoms. The van der Waals surface area contributed by atoms with Gasteiger partial charge in [0.05, 0.1) is 13.2 Å². The van der Waals surface area contributed by atoms with Gasteiger partial charge in [0.2, 0.25) is 6.29 Å². The Hall–Kier alpha value is -1.45. The summed E-state index contributed by atoms with van der Waals surface area (Å²) < 4.78 is 39.0. The third-order valence-electron chi connectivity index (χ3n) is 14.3. The summed E-state index contributed by atoms with van der Waals surface area (Å²) in [5.74, 6) is -1.01. The number of allylic oxidation sites excluding steroid dienone is 1. The van der Waals surface area contributed by atoms with Crippen LogP contribution in [0.5, 0.6) is 0 Å². The molecule has 0 saturated carbocycles. The first kappa shape index (κ1) is 66.7. The zero-order valence-electron chi connectivity index (χ0n) is 45.2. The third-order valence-corrected chi connectivity index (χ3v) is 14.7. The van der Waals surface area contributed by atoms with Gasteiger partial charge in [-0.3, -0.25) is 14.0 Å². The molecule has 0 aromatic rings. The van der Waals surface area contributed by atoms with Gasteiger partial charge >= 0.3 is 11.9 Å². The van der Waals surface area contributed by atoms with E-state index in [4.69, 9.17) is 27.9 Å². The summed E-state index contributed by atoms with van der Waals surface area (Å²) in [7, 11) is 0. The lowest BCUT2D eigenvalue weighted by molar-refractivity contribution is -0.777. The molecule has 10 unspecified atom stereocenters. The van der Waals surface area contributed by atoms with Crippen LogP contribution in [0.4, 0.5) is 0 Å². The van der Waals surface area contributed by atoms with Crippen molar-refractivity contribution in [1.82, 2.24) is 0 Å². The van der Waals surface area contributed by atoms with Crippen molar-refractivity contribution >= 4 is 24.3 Å². The molecular weight excluding hydrogens is 949 g/mol. The van der Waals surface area contributed by atoms with E-state index in [-0.39, 0.29) is 30.2 Å². The van der Waals surface area contributed by atoms with Gasteiger partial charge in [-0.1, -0.05) is 220 Å². The van der Waals surface area contributed by atoms with E-state index in [1.807, 2.05) is 13.0 Å². The van der Waals surface area contributed by atoms with Crippen LogP contribution in [0, 0.1) is 11.8 Å².